The molecule has 0 radical (unpaired) electrons. The molecule has 6 heteroatoms. The number of nitrogens with one attached hydrogen (secondary N) is 1. The van der Waals surface area contributed by atoms with Crippen LogP contribution in [0.1, 0.15) is 6.42 Å². The Hall–Kier alpha value is -1.69. The molecule has 0 atom stereocenters. The van der Waals surface area contributed by atoms with Crippen LogP contribution in [0, 0.1) is 11.6 Å². The molecule has 1 aromatic rings. The van der Waals surface area contributed by atoms with Crippen molar-refractivity contribution < 1.29 is 18.3 Å². The highest BCUT2D eigenvalue weighted by Crippen LogP contribution is 2.15. The van der Waals surface area contributed by atoms with Crippen molar-refractivity contribution in [3.05, 3.63) is 29.8 Å². The first-order valence-corrected chi connectivity index (χ1v) is 5.18. The second kappa shape index (κ2) is 6.80. The molecule has 0 aliphatic rings. The summed E-state index contributed by atoms with van der Waals surface area (Å²) in [6.45, 7) is 0.680. The highest BCUT2D eigenvalue weighted by atomic mass is 19.2. The number of halogens is 2. The van der Waals surface area contributed by atoms with Crippen molar-refractivity contribution in [1.29, 1.82) is 0 Å². The Balaban J connectivity index is 2.22. The van der Waals surface area contributed by atoms with Crippen LogP contribution in [0.15, 0.2) is 18.2 Å². The van der Waals surface area contributed by atoms with Crippen molar-refractivity contribution in [2.24, 2.45) is 5.73 Å². The van der Waals surface area contributed by atoms with E-state index in [0.717, 1.165) is 12.1 Å². The van der Waals surface area contributed by atoms with E-state index in [-0.39, 0.29) is 18.2 Å². The SMILES string of the molecule is NCC(=O)NCCCOc1ccc(F)c(F)c1. The van der Waals surface area contributed by atoms with E-state index in [1.54, 1.807) is 0 Å². The van der Waals surface area contributed by atoms with E-state index in [1.165, 1.54) is 6.07 Å². The standard InChI is InChI=1S/C11H14F2N2O2/c12-9-3-2-8(6-10(9)13)17-5-1-4-15-11(16)7-14/h2-3,6H,1,4-5,7,14H2,(H,15,16). The molecule has 0 fully saturated rings. The normalized spacial score (nSPS) is 10.1. The lowest BCUT2D eigenvalue weighted by Crippen LogP contribution is -2.31. The van der Waals surface area contributed by atoms with Gasteiger partial charge >= 0.3 is 0 Å². The van der Waals surface area contributed by atoms with Crippen molar-refractivity contribution in [2.75, 3.05) is 19.7 Å². The molecule has 0 spiro atoms. The van der Waals surface area contributed by atoms with Gasteiger partial charge in [-0.15, -0.1) is 0 Å². The second-order valence-electron chi connectivity index (χ2n) is 3.33. The first kappa shape index (κ1) is 13.4. The summed E-state index contributed by atoms with van der Waals surface area (Å²) >= 11 is 0. The third kappa shape index (κ3) is 4.78. The van der Waals surface area contributed by atoms with E-state index in [9.17, 15) is 13.6 Å². The Bertz CT molecular complexity index is 386. The highest BCUT2D eigenvalue weighted by Gasteiger charge is 2.03. The number of nitrogens with two attached hydrogens (primary N) is 1. The van der Waals surface area contributed by atoms with Gasteiger partial charge in [0.15, 0.2) is 11.6 Å². The van der Waals surface area contributed by atoms with Crippen LogP contribution in [-0.2, 0) is 4.79 Å². The lowest BCUT2D eigenvalue weighted by molar-refractivity contribution is -0.119. The molecule has 94 valence electrons. The highest BCUT2D eigenvalue weighted by molar-refractivity contribution is 5.77. The molecule has 1 amide bonds. The minimum Gasteiger partial charge on any atom is -0.493 e. The van der Waals surface area contributed by atoms with E-state index < -0.39 is 11.6 Å². The molecule has 0 saturated carbocycles. The summed E-state index contributed by atoms with van der Waals surface area (Å²) in [5.74, 6) is -1.83. The molecule has 0 heterocycles. The van der Waals surface area contributed by atoms with E-state index in [1.807, 2.05) is 0 Å². The molecular formula is C11H14F2N2O2. The van der Waals surface area contributed by atoms with E-state index in [2.05, 4.69) is 5.32 Å². The monoisotopic (exact) mass is 244 g/mol. The van der Waals surface area contributed by atoms with Gasteiger partial charge in [0.2, 0.25) is 5.91 Å². The van der Waals surface area contributed by atoms with Crippen LogP contribution in [0.5, 0.6) is 5.75 Å². The Morgan fingerprint density at radius 3 is 2.76 bits per heavy atom. The molecule has 0 aliphatic heterocycles. The smallest absolute Gasteiger partial charge is 0.233 e. The molecule has 1 rings (SSSR count). The Kier molecular flexibility index (Phi) is 5.35. The van der Waals surface area contributed by atoms with Gasteiger partial charge in [-0.3, -0.25) is 4.79 Å². The first-order chi connectivity index (χ1) is 8.13. The average Bonchev–Trinajstić information content (AvgIpc) is 2.33. The summed E-state index contributed by atoms with van der Waals surface area (Å²) in [6.07, 6.45) is 0.560. The maximum atomic E-state index is 12.8. The van der Waals surface area contributed by atoms with Gasteiger partial charge in [0.1, 0.15) is 5.75 Å². The quantitative estimate of drug-likeness (QED) is 0.728. The van der Waals surface area contributed by atoms with E-state index in [0.29, 0.717) is 19.6 Å². The molecule has 1 aromatic carbocycles. The van der Waals surface area contributed by atoms with Crippen LogP contribution in [-0.4, -0.2) is 25.6 Å². The number of ether oxygens (including phenoxy) is 1. The molecule has 0 aliphatic carbocycles. The summed E-state index contributed by atoms with van der Waals surface area (Å²) in [5.41, 5.74) is 5.09. The minimum absolute atomic E-state index is 0.0516. The van der Waals surface area contributed by atoms with Crippen molar-refractivity contribution >= 4 is 5.91 Å². The lowest BCUT2D eigenvalue weighted by Gasteiger charge is -2.07. The van der Waals surface area contributed by atoms with Crippen LogP contribution in [0.25, 0.3) is 0 Å². The maximum absolute atomic E-state index is 12.8. The summed E-state index contributed by atoms with van der Waals surface area (Å²) in [6, 6.07) is 3.32. The van der Waals surface area contributed by atoms with E-state index >= 15 is 0 Å². The number of hydrogen-bond donors (Lipinski definition) is 2. The molecule has 0 bridgehead atoms. The molecule has 3 N–H and O–H groups in total. The number of rotatable bonds is 6. The number of carbonyl (C=O) groups is 1. The van der Waals surface area contributed by atoms with Gasteiger partial charge in [0, 0.05) is 12.6 Å². The molecular weight excluding hydrogens is 230 g/mol. The zero-order valence-electron chi connectivity index (χ0n) is 9.21. The first-order valence-electron chi connectivity index (χ1n) is 5.18. The molecule has 0 saturated heterocycles. The van der Waals surface area contributed by atoms with Gasteiger partial charge in [-0.25, -0.2) is 8.78 Å². The third-order valence-electron chi connectivity index (χ3n) is 1.99. The van der Waals surface area contributed by atoms with Gasteiger partial charge in [-0.1, -0.05) is 0 Å². The maximum Gasteiger partial charge on any atom is 0.233 e. The molecule has 0 aromatic heterocycles. The Morgan fingerprint density at radius 2 is 2.12 bits per heavy atom. The minimum atomic E-state index is -0.945. The fraction of sp³-hybridized carbons (Fsp3) is 0.364. The summed E-state index contributed by atoms with van der Waals surface area (Å²) in [4.78, 5) is 10.8. The second-order valence-corrected chi connectivity index (χ2v) is 3.33. The predicted octanol–water partition coefficient (Wildman–Crippen LogP) is 0.809. The Labute approximate surface area is 97.8 Å². The van der Waals surface area contributed by atoms with Gasteiger partial charge in [0.25, 0.3) is 0 Å². The topological polar surface area (TPSA) is 64.4 Å². The largest absolute Gasteiger partial charge is 0.493 e. The summed E-state index contributed by atoms with van der Waals surface area (Å²) < 4.78 is 30.5. The van der Waals surface area contributed by atoms with Gasteiger partial charge < -0.3 is 15.8 Å². The zero-order chi connectivity index (χ0) is 12.7. The molecule has 4 nitrogen and oxygen atoms in total. The summed E-state index contributed by atoms with van der Waals surface area (Å²) in [5, 5.41) is 2.56. The van der Waals surface area contributed by atoms with Crippen LogP contribution in [0.2, 0.25) is 0 Å². The van der Waals surface area contributed by atoms with E-state index in [4.69, 9.17) is 10.5 Å². The number of carbonyl (C=O) groups excluding carboxylic acids is 1. The number of hydrogen-bond acceptors (Lipinski definition) is 3. The number of benzene rings is 1. The summed E-state index contributed by atoms with van der Waals surface area (Å²) in [7, 11) is 0. The number of amides is 1. The van der Waals surface area contributed by atoms with Gasteiger partial charge in [0.05, 0.1) is 13.2 Å². The van der Waals surface area contributed by atoms with Crippen molar-refractivity contribution in [2.45, 2.75) is 6.42 Å². The van der Waals surface area contributed by atoms with Crippen LogP contribution >= 0.6 is 0 Å². The van der Waals surface area contributed by atoms with Crippen molar-refractivity contribution in [3.63, 3.8) is 0 Å². The predicted molar refractivity (Wildman–Crippen MR) is 58.5 cm³/mol. The van der Waals surface area contributed by atoms with Crippen LogP contribution in [0.3, 0.4) is 0 Å². The van der Waals surface area contributed by atoms with Crippen LogP contribution in [0.4, 0.5) is 8.78 Å². The fourth-order valence-electron chi connectivity index (χ4n) is 1.13. The average molecular weight is 244 g/mol. The molecule has 17 heavy (non-hydrogen) atoms. The van der Waals surface area contributed by atoms with Gasteiger partial charge in [-0.2, -0.15) is 0 Å². The fourth-order valence-corrected chi connectivity index (χ4v) is 1.13. The van der Waals surface area contributed by atoms with Gasteiger partial charge in [-0.05, 0) is 18.6 Å². The van der Waals surface area contributed by atoms with Crippen molar-refractivity contribution in [1.82, 2.24) is 5.32 Å². The lowest BCUT2D eigenvalue weighted by atomic mass is 10.3. The third-order valence-corrected chi connectivity index (χ3v) is 1.99. The Morgan fingerprint density at radius 1 is 1.35 bits per heavy atom. The van der Waals surface area contributed by atoms with Crippen LogP contribution < -0.4 is 15.8 Å². The molecule has 0 unspecified atom stereocenters. The van der Waals surface area contributed by atoms with Crippen molar-refractivity contribution in [3.8, 4) is 5.75 Å². The zero-order valence-corrected chi connectivity index (χ0v) is 9.21.